The number of benzene rings is 1. The van der Waals surface area contributed by atoms with Crippen LogP contribution in [0.5, 0.6) is 0 Å². The van der Waals surface area contributed by atoms with E-state index in [1.807, 2.05) is 16.7 Å². The van der Waals surface area contributed by atoms with E-state index in [0.29, 0.717) is 5.28 Å². The quantitative estimate of drug-likeness (QED) is 0.833. The van der Waals surface area contributed by atoms with Gasteiger partial charge in [-0.2, -0.15) is 0 Å². The highest BCUT2D eigenvalue weighted by Gasteiger charge is 2.10. The first-order valence-corrected chi connectivity index (χ1v) is 6.22. The van der Waals surface area contributed by atoms with Crippen LogP contribution in [0.4, 0.5) is 0 Å². The van der Waals surface area contributed by atoms with Gasteiger partial charge in [0.15, 0.2) is 0 Å². The third-order valence-corrected chi connectivity index (χ3v) is 3.13. The number of hydrogen-bond acceptors (Lipinski definition) is 2. The molecule has 1 aromatic heterocycles. The van der Waals surface area contributed by atoms with Gasteiger partial charge >= 0.3 is 0 Å². The molecule has 1 aromatic carbocycles. The van der Waals surface area contributed by atoms with Crippen molar-refractivity contribution in [3.8, 4) is 0 Å². The maximum absolute atomic E-state index is 6.07. The first kappa shape index (κ1) is 12.1. The number of nitrogens with zero attached hydrogens (tertiary/aromatic N) is 3. The van der Waals surface area contributed by atoms with Crippen LogP contribution in [0.3, 0.4) is 0 Å². The Morgan fingerprint density at radius 1 is 1.24 bits per heavy atom. The molecule has 17 heavy (non-hydrogen) atoms. The first-order valence-electron chi connectivity index (χ1n) is 5.84. The standard InChI is InChI=1S/C13H16ClN3/c1-3-6-12-15-16-13(14)17(12)9-11-8-5-4-7-10(11)2/h4-5,7-8H,3,6,9H2,1-2H3. The van der Waals surface area contributed by atoms with Crippen molar-refractivity contribution in [2.45, 2.75) is 33.2 Å². The Bertz CT molecular complexity index is 505. The molecular weight excluding hydrogens is 234 g/mol. The van der Waals surface area contributed by atoms with E-state index in [0.717, 1.165) is 25.2 Å². The Morgan fingerprint density at radius 3 is 2.71 bits per heavy atom. The Hall–Kier alpha value is -1.35. The van der Waals surface area contributed by atoms with E-state index < -0.39 is 0 Å². The van der Waals surface area contributed by atoms with Gasteiger partial charge in [0.1, 0.15) is 5.82 Å². The molecule has 90 valence electrons. The zero-order chi connectivity index (χ0) is 12.3. The largest absolute Gasteiger partial charge is 0.297 e. The Balaban J connectivity index is 2.29. The minimum atomic E-state index is 0.469. The van der Waals surface area contributed by atoms with Gasteiger partial charge in [-0.05, 0) is 36.1 Å². The van der Waals surface area contributed by atoms with Gasteiger partial charge in [-0.25, -0.2) is 0 Å². The van der Waals surface area contributed by atoms with E-state index >= 15 is 0 Å². The van der Waals surface area contributed by atoms with E-state index in [1.165, 1.54) is 11.1 Å². The van der Waals surface area contributed by atoms with Crippen molar-refractivity contribution < 1.29 is 0 Å². The molecule has 0 N–H and O–H groups in total. The van der Waals surface area contributed by atoms with Crippen LogP contribution in [-0.2, 0) is 13.0 Å². The van der Waals surface area contributed by atoms with Crippen LogP contribution in [0.25, 0.3) is 0 Å². The first-order chi connectivity index (χ1) is 8.22. The van der Waals surface area contributed by atoms with Gasteiger partial charge in [0.25, 0.3) is 0 Å². The summed E-state index contributed by atoms with van der Waals surface area (Å²) in [6.45, 7) is 4.97. The van der Waals surface area contributed by atoms with E-state index in [1.54, 1.807) is 0 Å². The van der Waals surface area contributed by atoms with Crippen molar-refractivity contribution in [1.82, 2.24) is 14.8 Å². The molecule has 0 radical (unpaired) electrons. The average Bonchev–Trinajstić information content (AvgIpc) is 2.65. The number of rotatable bonds is 4. The molecule has 0 amide bonds. The van der Waals surface area contributed by atoms with E-state index in [2.05, 4.69) is 36.2 Å². The Labute approximate surface area is 106 Å². The predicted octanol–water partition coefficient (Wildman–Crippen LogP) is 3.24. The molecule has 3 nitrogen and oxygen atoms in total. The highest BCUT2D eigenvalue weighted by atomic mass is 35.5. The molecule has 0 bridgehead atoms. The molecule has 0 aliphatic heterocycles. The Morgan fingerprint density at radius 2 is 2.00 bits per heavy atom. The topological polar surface area (TPSA) is 30.7 Å². The molecule has 2 rings (SSSR count). The third kappa shape index (κ3) is 2.67. The highest BCUT2D eigenvalue weighted by molar-refractivity contribution is 6.28. The molecule has 0 aliphatic carbocycles. The molecule has 0 aliphatic rings. The normalized spacial score (nSPS) is 10.8. The second-order valence-corrected chi connectivity index (χ2v) is 4.49. The maximum atomic E-state index is 6.07. The summed E-state index contributed by atoms with van der Waals surface area (Å²) in [5.41, 5.74) is 2.52. The number of aromatic nitrogens is 3. The number of halogens is 1. The monoisotopic (exact) mass is 249 g/mol. The average molecular weight is 250 g/mol. The second kappa shape index (κ2) is 5.32. The third-order valence-electron chi connectivity index (χ3n) is 2.85. The van der Waals surface area contributed by atoms with Gasteiger partial charge in [0.2, 0.25) is 5.28 Å². The van der Waals surface area contributed by atoms with E-state index in [4.69, 9.17) is 11.6 Å². The Kier molecular flexibility index (Phi) is 3.79. The lowest BCUT2D eigenvalue weighted by atomic mass is 10.1. The van der Waals surface area contributed by atoms with Crippen LogP contribution in [0.2, 0.25) is 5.28 Å². The molecule has 0 spiro atoms. The van der Waals surface area contributed by atoms with Crippen molar-refractivity contribution in [1.29, 1.82) is 0 Å². The molecule has 1 heterocycles. The lowest BCUT2D eigenvalue weighted by Gasteiger charge is -2.09. The fourth-order valence-corrected chi connectivity index (χ4v) is 2.03. The van der Waals surface area contributed by atoms with Gasteiger partial charge in [0.05, 0.1) is 6.54 Å². The zero-order valence-corrected chi connectivity index (χ0v) is 10.9. The molecular formula is C13H16ClN3. The summed E-state index contributed by atoms with van der Waals surface area (Å²) in [5, 5.41) is 8.52. The lowest BCUT2D eigenvalue weighted by molar-refractivity contribution is 0.703. The molecule has 0 atom stereocenters. The van der Waals surface area contributed by atoms with Crippen LogP contribution in [-0.4, -0.2) is 14.8 Å². The fraction of sp³-hybridized carbons (Fsp3) is 0.385. The second-order valence-electron chi connectivity index (χ2n) is 4.15. The van der Waals surface area contributed by atoms with Crippen LogP contribution < -0.4 is 0 Å². The number of aryl methyl sites for hydroxylation is 2. The van der Waals surface area contributed by atoms with Crippen LogP contribution >= 0.6 is 11.6 Å². The summed E-state index contributed by atoms with van der Waals surface area (Å²) in [5.74, 6) is 0.959. The number of hydrogen-bond donors (Lipinski definition) is 0. The van der Waals surface area contributed by atoms with Crippen molar-refractivity contribution >= 4 is 11.6 Å². The molecule has 0 unspecified atom stereocenters. The van der Waals surface area contributed by atoms with Gasteiger partial charge in [-0.1, -0.05) is 31.2 Å². The van der Waals surface area contributed by atoms with Crippen LogP contribution in [0, 0.1) is 6.92 Å². The predicted molar refractivity (Wildman–Crippen MR) is 69.3 cm³/mol. The summed E-state index contributed by atoms with van der Waals surface area (Å²) in [6, 6.07) is 8.30. The summed E-state index contributed by atoms with van der Waals surface area (Å²) >= 11 is 6.07. The lowest BCUT2D eigenvalue weighted by Crippen LogP contribution is -2.06. The summed E-state index contributed by atoms with van der Waals surface area (Å²) in [6.07, 6.45) is 1.95. The molecule has 0 saturated heterocycles. The maximum Gasteiger partial charge on any atom is 0.225 e. The van der Waals surface area contributed by atoms with Gasteiger partial charge < -0.3 is 0 Å². The molecule has 0 fully saturated rings. The summed E-state index contributed by atoms with van der Waals surface area (Å²) in [7, 11) is 0. The van der Waals surface area contributed by atoms with Crippen LogP contribution in [0.15, 0.2) is 24.3 Å². The summed E-state index contributed by atoms with van der Waals surface area (Å²) < 4.78 is 1.98. The van der Waals surface area contributed by atoms with Crippen LogP contribution in [0.1, 0.15) is 30.3 Å². The van der Waals surface area contributed by atoms with E-state index in [9.17, 15) is 0 Å². The molecule has 4 heteroatoms. The SMILES string of the molecule is CCCc1nnc(Cl)n1Cc1ccccc1C. The summed E-state index contributed by atoms with van der Waals surface area (Å²) in [4.78, 5) is 0. The smallest absolute Gasteiger partial charge is 0.225 e. The minimum Gasteiger partial charge on any atom is -0.297 e. The van der Waals surface area contributed by atoms with Crippen molar-refractivity contribution in [3.63, 3.8) is 0 Å². The van der Waals surface area contributed by atoms with E-state index in [-0.39, 0.29) is 0 Å². The minimum absolute atomic E-state index is 0.469. The van der Waals surface area contributed by atoms with Crippen molar-refractivity contribution in [2.75, 3.05) is 0 Å². The van der Waals surface area contributed by atoms with Crippen molar-refractivity contribution in [3.05, 3.63) is 46.5 Å². The fourth-order valence-electron chi connectivity index (χ4n) is 1.84. The zero-order valence-electron chi connectivity index (χ0n) is 10.2. The molecule has 2 aromatic rings. The van der Waals surface area contributed by atoms with Gasteiger partial charge in [0, 0.05) is 6.42 Å². The van der Waals surface area contributed by atoms with Crippen molar-refractivity contribution in [2.24, 2.45) is 0 Å². The van der Waals surface area contributed by atoms with Gasteiger partial charge in [-0.3, -0.25) is 4.57 Å². The van der Waals surface area contributed by atoms with Gasteiger partial charge in [-0.15, -0.1) is 10.2 Å². The molecule has 0 saturated carbocycles. The highest BCUT2D eigenvalue weighted by Crippen LogP contribution is 2.15.